The molecule has 1 aromatic rings. The number of rotatable bonds is 2. The molecule has 3 nitrogen and oxygen atoms in total. The summed E-state index contributed by atoms with van der Waals surface area (Å²) in [5, 5.41) is 6.00. The highest BCUT2D eigenvalue weighted by Gasteiger charge is 2.57. The molecule has 72 valence electrons. The van der Waals surface area contributed by atoms with Crippen LogP contribution in [-0.2, 0) is 0 Å². The lowest BCUT2D eigenvalue weighted by Gasteiger charge is -2.05. The molecule has 13 heavy (non-hydrogen) atoms. The van der Waals surface area contributed by atoms with Crippen LogP contribution in [0.15, 0.2) is 12.3 Å². The quantitative estimate of drug-likeness (QED) is 0.774. The number of H-pyrrole nitrogens is 1. The Bertz CT molecular complexity index is 282. The van der Waals surface area contributed by atoms with Crippen LogP contribution in [0, 0.1) is 5.92 Å². The summed E-state index contributed by atoms with van der Waals surface area (Å²) in [7, 11) is 0. The van der Waals surface area contributed by atoms with E-state index in [0.717, 1.165) is 0 Å². The van der Waals surface area contributed by atoms with E-state index in [4.69, 9.17) is 4.74 Å². The fourth-order valence-electron chi connectivity index (χ4n) is 1.12. The molecule has 1 fully saturated rings. The van der Waals surface area contributed by atoms with Crippen molar-refractivity contribution in [3.05, 3.63) is 12.3 Å². The Morgan fingerprint density at radius 2 is 2.31 bits per heavy atom. The number of hydrogen-bond acceptors (Lipinski definition) is 2. The molecule has 0 saturated heterocycles. The van der Waals surface area contributed by atoms with E-state index in [0.29, 0.717) is 0 Å². The average Bonchev–Trinajstić information content (AvgIpc) is 2.57. The summed E-state index contributed by atoms with van der Waals surface area (Å²) in [6.07, 6.45) is -3.39. The van der Waals surface area contributed by atoms with Crippen molar-refractivity contribution in [2.45, 2.75) is 18.7 Å². The summed E-state index contributed by atoms with van der Waals surface area (Å²) in [5.41, 5.74) is 0. The summed E-state index contributed by atoms with van der Waals surface area (Å²) in [5.74, 6) is -1.02. The number of halogens is 3. The zero-order valence-electron chi connectivity index (χ0n) is 6.51. The predicted octanol–water partition coefficient (Wildman–Crippen LogP) is 1.74. The van der Waals surface area contributed by atoms with Gasteiger partial charge in [-0.15, -0.1) is 0 Å². The minimum absolute atomic E-state index is 0.0442. The summed E-state index contributed by atoms with van der Waals surface area (Å²) in [6, 6.07) is 1.49. The standard InChI is InChI=1S/C7H7F3N2O/c8-7(9,10)4-3-5(4)13-6-1-2-11-12-6/h1-2,4-5H,3H2,(H,11,12)/t4-,5-/m0/s1. The van der Waals surface area contributed by atoms with Gasteiger partial charge in [-0.3, -0.25) is 0 Å². The van der Waals surface area contributed by atoms with E-state index in [1.165, 1.54) is 12.3 Å². The number of nitrogens with zero attached hydrogens (tertiary/aromatic N) is 1. The Labute approximate surface area is 71.9 Å². The maximum absolute atomic E-state index is 12.0. The molecule has 0 bridgehead atoms. The topological polar surface area (TPSA) is 37.9 Å². The molecule has 0 amide bonds. The van der Waals surface area contributed by atoms with Crippen molar-refractivity contribution in [3.63, 3.8) is 0 Å². The molecule has 0 aromatic carbocycles. The van der Waals surface area contributed by atoms with Crippen molar-refractivity contribution in [3.8, 4) is 5.88 Å². The molecule has 1 saturated carbocycles. The third kappa shape index (κ3) is 1.76. The van der Waals surface area contributed by atoms with Crippen molar-refractivity contribution < 1.29 is 17.9 Å². The molecule has 0 spiro atoms. The zero-order valence-corrected chi connectivity index (χ0v) is 6.51. The van der Waals surface area contributed by atoms with Gasteiger partial charge in [0.15, 0.2) is 0 Å². The molecule has 0 radical (unpaired) electrons. The summed E-state index contributed by atoms with van der Waals surface area (Å²) < 4.78 is 41.0. The first kappa shape index (κ1) is 8.40. The van der Waals surface area contributed by atoms with E-state index in [2.05, 4.69) is 10.2 Å². The molecule has 2 atom stereocenters. The zero-order chi connectivity index (χ0) is 9.47. The SMILES string of the molecule is FC(F)(F)[C@H]1C[C@@H]1Oc1ccn[nH]1. The third-order valence-corrected chi connectivity index (χ3v) is 1.91. The Balaban J connectivity index is 1.88. The first-order valence-electron chi connectivity index (χ1n) is 3.80. The van der Waals surface area contributed by atoms with E-state index in [9.17, 15) is 13.2 Å². The van der Waals surface area contributed by atoms with Gasteiger partial charge in [-0.2, -0.15) is 18.3 Å². The van der Waals surface area contributed by atoms with Gasteiger partial charge in [-0.1, -0.05) is 0 Å². The van der Waals surface area contributed by atoms with E-state index >= 15 is 0 Å². The average molecular weight is 192 g/mol. The Morgan fingerprint density at radius 3 is 2.77 bits per heavy atom. The fourth-order valence-corrected chi connectivity index (χ4v) is 1.12. The van der Waals surface area contributed by atoms with Crippen LogP contribution in [-0.4, -0.2) is 22.5 Å². The van der Waals surface area contributed by atoms with Crippen LogP contribution in [0.25, 0.3) is 0 Å². The van der Waals surface area contributed by atoms with Crippen molar-refractivity contribution in [1.82, 2.24) is 10.2 Å². The maximum atomic E-state index is 12.0. The monoisotopic (exact) mass is 192 g/mol. The minimum atomic E-state index is -4.13. The molecule has 1 N–H and O–H groups in total. The van der Waals surface area contributed by atoms with E-state index in [1.54, 1.807) is 0 Å². The van der Waals surface area contributed by atoms with Gasteiger partial charge in [0.25, 0.3) is 0 Å². The molecular formula is C7H7F3N2O. The first-order chi connectivity index (χ1) is 6.07. The highest BCUT2D eigenvalue weighted by molar-refractivity contribution is 5.08. The fraction of sp³-hybridized carbons (Fsp3) is 0.571. The van der Waals surface area contributed by atoms with Crippen LogP contribution in [0.2, 0.25) is 0 Å². The molecule has 1 aromatic heterocycles. The van der Waals surface area contributed by atoms with Gasteiger partial charge in [-0.05, 0) is 6.42 Å². The Hall–Kier alpha value is -1.20. The van der Waals surface area contributed by atoms with Crippen LogP contribution in [0.3, 0.4) is 0 Å². The summed E-state index contributed by atoms with van der Waals surface area (Å²) >= 11 is 0. The maximum Gasteiger partial charge on any atom is 0.395 e. The van der Waals surface area contributed by atoms with Crippen molar-refractivity contribution in [1.29, 1.82) is 0 Å². The molecular weight excluding hydrogens is 185 g/mol. The Kier molecular flexibility index (Phi) is 1.71. The molecule has 6 heteroatoms. The highest BCUT2D eigenvalue weighted by atomic mass is 19.4. The number of nitrogens with one attached hydrogen (secondary N) is 1. The second kappa shape index (κ2) is 2.65. The second-order valence-corrected chi connectivity index (χ2v) is 2.96. The molecule has 1 aliphatic rings. The Morgan fingerprint density at radius 1 is 1.54 bits per heavy atom. The number of hydrogen-bond donors (Lipinski definition) is 1. The number of aromatic nitrogens is 2. The van der Waals surface area contributed by atoms with E-state index in [-0.39, 0.29) is 12.3 Å². The predicted molar refractivity (Wildman–Crippen MR) is 37.2 cm³/mol. The smallest absolute Gasteiger partial charge is 0.395 e. The second-order valence-electron chi connectivity index (χ2n) is 2.96. The van der Waals surface area contributed by atoms with Gasteiger partial charge < -0.3 is 4.74 Å². The van der Waals surface area contributed by atoms with Gasteiger partial charge in [0.2, 0.25) is 5.88 Å². The van der Waals surface area contributed by atoms with Crippen LogP contribution in [0.4, 0.5) is 13.2 Å². The van der Waals surface area contributed by atoms with Crippen LogP contribution >= 0.6 is 0 Å². The number of ether oxygens (including phenoxy) is 1. The van der Waals surface area contributed by atoms with Gasteiger partial charge in [-0.25, -0.2) is 5.10 Å². The lowest BCUT2D eigenvalue weighted by Crippen LogP contribution is -2.16. The highest BCUT2D eigenvalue weighted by Crippen LogP contribution is 2.46. The first-order valence-corrected chi connectivity index (χ1v) is 3.80. The van der Waals surface area contributed by atoms with Gasteiger partial charge in [0, 0.05) is 6.07 Å². The van der Waals surface area contributed by atoms with Crippen molar-refractivity contribution in [2.75, 3.05) is 0 Å². The van der Waals surface area contributed by atoms with Crippen LogP contribution < -0.4 is 4.74 Å². The van der Waals surface area contributed by atoms with Crippen molar-refractivity contribution >= 4 is 0 Å². The van der Waals surface area contributed by atoms with E-state index in [1.807, 2.05) is 0 Å². The summed E-state index contributed by atoms with van der Waals surface area (Å²) in [4.78, 5) is 0. The largest absolute Gasteiger partial charge is 0.474 e. The molecule has 1 heterocycles. The molecule has 0 aliphatic heterocycles. The minimum Gasteiger partial charge on any atom is -0.474 e. The lowest BCUT2D eigenvalue weighted by molar-refractivity contribution is -0.153. The van der Waals surface area contributed by atoms with E-state index < -0.39 is 18.2 Å². The normalized spacial score (nSPS) is 27.3. The lowest BCUT2D eigenvalue weighted by atomic mass is 10.4. The van der Waals surface area contributed by atoms with Gasteiger partial charge in [0.1, 0.15) is 6.10 Å². The molecule has 2 rings (SSSR count). The number of aromatic amines is 1. The van der Waals surface area contributed by atoms with Crippen molar-refractivity contribution in [2.24, 2.45) is 5.92 Å². The molecule has 1 aliphatic carbocycles. The van der Waals surface area contributed by atoms with Gasteiger partial charge in [0.05, 0.1) is 12.1 Å². The van der Waals surface area contributed by atoms with Gasteiger partial charge >= 0.3 is 6.18 Å². The van der Waals surface area contributed by atoms with Crippen LogP contribution in [0.5, 0.6) is 5.88 Å². The molecule has 0 unspecified atom stereocenters. The third-order valence-electron chi connectivity index (χ3n) is 1.91. The summed E-state index contributed by atoms with van der Waals surface area (Å²) in [6.45, 7) is 0. The number of alkyl halides is 3. The van der Waals surface area contributed by atoms with Crippen LogP contribution in [0.1, 0.15) is 6.42 Å².